The lowest BCUT2D eigenvalue weighted by molar-refractivity contribution is 0.200. The summed E-state index contributed by atoms with van der Waals surface area (Å²) in [4.78, 5) is 6.27. The van der Waals surface area contributed by atoms with Crippen molar-refractivity contribution in [3.8, 4) is 11.4 Å². The second kappa shape index (κ2) is 7.94. The van der Waals surface area contributed by atoms with Crippen LogP contribution in [0.5, 0.6) is 5.75 Å². The summed E-state index contributed by atoms with van der Waals surface area (Å²) < 4.78 is 7.66. The van der Waals surface area contributed by atoms with Gasteiger partial charge in [0.1, 0.15) is 25.0 Å². The highest BCUT2D eigenvalue weighted by atomic mass is 16.5. The number of rotatable bonds is 7. The van der Waals surface area contributed by atoms with Crippen LogP contribution in [0.1, 0.15) is 24.1 Å². The van der Waals surface area contributed by atoms with Gasteiger partial charge in [-0.1, -0.05) is 30.3 Å². The third-order valence-corrected chi connectivity index (χ3v) is 4.52. The number of likely N-dealkylation sites (N-methyl/N-ethyl adjacent to an activating group) is 1. The van der Waals surface area contributed by atoms with Gasteiger partial charge in [0.2, 0.25) is 0 Å². The number of hydrogen-bond acceptors (Lipinski definition) is 4. The molecule has 0 aliphatic carbocycles. The van der Waals surface area contributed by atoms with Gasteiger partial charge in [0, 0.05) is 12.6 Å². The second-order valence-electron chi connectivity index (χ2n) is 6.20. The van der Waals surface area contributed by atoms with E-state index in [1.54, 1.807) is 17.3 Å². The highest BCUT2D eigenvalue weighted by Gasteiger charge is 2.12. The van der Waals surface area contributed by atoms with Gasteiger partial charge in [0.15, 0.2) is 0 Å². The van der Waals surface area contributed by atoms with E-state index >= 15 is 0 Å². The molecule has 5 nitrogen and oxygen atoms in total. The SMILES string of the molecule is Cc1ccccc1OCCN(C)C(C)c1ccc(-n2cncn2)cc1. The molecule has 0 spiro atoms. The van der Waals surface area contributed by atoms with Crippen LogP contribution in [0.4, 0.5) is 0 Å². The maximum atomic E-state index is 5.90. The fourth-order valence-corrected chi connectivity index (χ4v) is 2.71. The topological polar surface area (TPSA) is 43.2 Å². The summed E-state index contributed by atoms with van der Waals surface area (Å²) in [5, 5.41) is 4.15. The molecule has 0 fully saturated rings. The molecule has 0 N–H and O–H groups in total. The monoisotopic (exact) mass is 336 g/mol. The molecule has 25 heavy (non-hydrogen) atoms. The van der Waals surface area contributed by atoms with Gasteiger partial charge >= 0.3 is 0 Å². The van der Waals surface area contributed by atoms with Crippen molar-refractivity contribution in [1.29, 1.82) is 0 Å². The van der Waals surface area contributed by atoms with E-state index in [2.05, 4.69) is 66.2 Å². The van der Waals surface area contributed by atoms with Crippen LogP contribution in [-0.2, 0) is 0 Å². The van der Waals surface area contributed by atoms with E-state index < -0.39 is 0 Å². The van der Waals surface area contributed by atoms with Gasteiger partial charge < -0.3 is 4.74 Å². The molecule has 3 rings (SSSR count). The van der Waals surface area contributed by atoms with Gasteiger partial charge in [0.05, 0.1) is 5.69 Å². The number of aromatic nitrogens is 3. The fourth-order valence-electron chi connectivity index (χ4n) is 2.71. The Balaban J connectivity index is 1.55. The largest absolute Gasteiger partial charge is 0.492 e. The minimum Gasteiger partial charge on any atom is -0.492 e. The molecule has 0 aliphatic rings. The first-order valence-electron chi connectivity index (χ1n) is 8.49. The molecule has 0 aliphatic heterocycles. The Morgan fingerprint density at radius 2 is 1.88 bits per heavy atom. The summed E-state index contributed by atoms with van der Waals surface area (Å²) in [6.45, 7) is 5.81. The third-order valence-electron chi connectivity index (χ3n) is 4.52. The summed E-state index contributed by atoms with van der Waals surface area (Å²) in [5.41, 5.74) is 3.45. The summed E-state index contributed by atoms with van der Waals surface area (Å²) >= 11 is 0. The highest BCUT2D eigenvalue weighted by Crippen LogP contribution is 2.21. The zero-order valence-electron chi connectivity index (χ0n) is 15.0. The van der Waals surface area contributed by atoms with Crippen LogP contribution in [0, 0.1) is 6.92 Å². The first-order valence-corrected chi connectivity index (χ1v) is 8.49. The molecule has 0 saturated heterocycles. The third kappa shape index (κ3) is 4.25. The van der Waals surface area contributed by atoms with E-state index in [1.165, 1.54) is 11.1 Å². The van der Waals surface area contributed by atoms with Gasteiger partial charge in [-0.25, -0.2) is 9.67 Å². The maximum Gasteiger partial charge on any atom is 0.138 e. The fraction of sp³-hybridized carbons (Fsp3) is 0.300. The van der Waals surface area contributed by atoms with Crippen molar-refractivity contribution in [2.24, 2.45) is 0 Å². The van der Waals surface area contributed by atoms with E-state index in [-0.39, 0.29) is 0 Å². The summed E-state index contributed by atoms with van der Waals surface area (Å²) in [6.07, 6.45) is 3.24. The molecular weight excluding hydrogens is 312 g/mol. The van der Waals surface area contributed by atoms with E-state index in [0.717, 1.165) is 18.0 Å². The van der Waals surface area contributed by atoms with Crippen molar-refractivity contribution >= 4 is 0 Å². The van der Waals surface area contributed by atoms with Crippen molar-refractivity contribution in [1.82, 2.24) is 19.7 Å². The average Bonchev–Trinajstić information content (AvgIpc) is 3.17. The summed E-state index contributed by atoms with van der Waals surface area (Å²) in [6, 6.07) is 16.8. The van der Waals surface area contributed by atoms with Gasteiger partial charge in [0.25, 0.3) is 0 Å². The molecule has 0 amide bonds. The van der Waals surface area contributed by atoms with Crippen LogP contribution in [0.15, 0.2) is 61.2 Å². The van der Waals surface area contributed by atoms with Crippen molar-refractivity contribution in [3.63, 3.8) is 0 Å². The molecule has 3 aromatic rings. The average molecular weight is 336 g/mol. The number of nitrogens with zero attached hydrogens (tertiary/aromatic N) is 4. The smallest absolute Gasteiger partial charge is 0.138 e. The Morgan fingerprint density at radius 1 is 1.12 bits per heavy atom. The Kier molecular flexibility index (Phi) is 5.46. The molecule has 0 saturated carbocycles. The van der Waals surface area contributed by atoms with E-state index in [9.17, 15) is 0 Å². The minimum atomic E-state index is 0.310. The van der Waals surface area contributed by atoms with Gasteiger partial charge in [-0.15, -0.1) is 0 Å². The zero-order chi connectivity index (χ0) is 17.6. The van der Waals surface area contributed by atoms with Gasteiger partial charge in [-0.2, -0.15) is 5.10 Å². The molecule has 1 unspecified atom stereocenters. The molecule has 2 aromatic carbocycles. The first-order chi connectivity index (χ1) is 12.1. The Hall–Kier alpha value is -2.66. The number of benzene rings is 2. The van der Waals surface area contributed by atoms with E-state index in [4.69, 9.17) is 4.74 Å². The van der Waals surface area contributed by atoms with Crippen LogP contribution in [0.25, 0.3) is 5.69 Å². The van der Waals surface area contributed by atoms with Crippen LogP contribution in [-0.4, -0.2) is 39.9 Å². The van der Waals surface area contributed by atoms with E-state index in [0.29, 0.717) is 12.6 Å². The molecule has 130 valence electrons. The normalized spacial score (nSPS) is 12.3. The molecular formula is C20H24N4O. The summed E-state index contributed by atoms with van der Waals surface area (Å²) in [5.74, 6) is 0.959. The predicted octanol–water partition coefficient (Wildman–Crippen LogP) is 3.65. The summed E-state index contributed by atoms with van der Waals surface area (Å²) in [7, 11) is 2.12. The lowest BCUT2D eigenvalue weighted by Gasteiger charge is -2.25. The second-order valence-corrected chi connectivity index (χ2v) is 6.20. The zero-order valence-corrected chi connectivity index (χ0v) is 15.0. The molecule has 1 aromatic heterocycles. The predicted molar refractivity (Wildman–Crippen MR) is 99.1 cm³/mol. The maximum absolute atomic E-state index is 5.90. The molecule has 0 bridgehead atoms. The van der Waals surface area contributed by atoms with E-state index in [1.807, 2.05) is 18.2 Å². The lowest BCUT2D eigenvalue weighted by Crippen LogP contribution is -2.27. The van der Waals surface area contributed by atoms with Crippen molar-refractivity contribution < 1.29 is 4.74 Å². The van der Waals surface area contributed by atoms with Gasteiger partial charge in [-0.05, 0) is 50.2 Å². The standard InChI is InChI=1S/C20H24N4O/c1-16-6-4-5-7-20(16)25-13-12-23(3)17(2)18-8-10-19(11-9-18)24-15-21-14-22-24/h4-11,14-15,17H,12-13H2,1-3H3. The number of ether oxygens (including phenoxy) is 1. The first kappa shape index (κ1) is 17.2. The van der Waals surface area contributed by atoms with Crippen LogP contribution < -0.4 is 4.74 Å². The van der Waals surface area contributed by atoms with Crippen LogP contribution in [0.2, 0.25) is 0 Å². The molecule has 5 heteroatoms. The quantitative estimate of drug-likeness (QED) is 0.660. The minimum absolute atomic E-state index is 0.310. The van der Waals surface area contributed by atoms with Crippen molar-refractivity contribution in [2.75, 3.05) is 20.2 Å². The number of aryl methyl sites for hydroxylation is 1. The highest BCUT2D eigenvalue weighted by molar-refractivity contribution is 5.34. The molecule has 1 atom stereocenters. The van der Waals surface area contributed by atoms with Crippen LogP contribution >= 0.6 is 0 Å². The van der Waals surface area contributed by atoms with Crippen molar-refractivity contribution in [2.45, 2.75) is 19.9 Å². The molecule has 1 heterocycles. The number of para-hydroxylation sites is 1. The Morgan fingerprint density at radius 3 is 2.56 bits per heavy atom. The van der Waals surface area contributed by atoms with Crippen LogP contribution in [0.3, 0.4) is 0 Å². The van der Waals surface area contributed by atoms with Gasteiger partial charge in [-0.3, -0.25) is 4.90 Å². The van der Waals surface area contributed by atoms with Crippen molar-refractivity contribution in [3.05, 3.63) is 72.3 Å². The molecule has 0 radical (unpaired) electrons. The Labute approximate surface area is 148 Å². The number of hydrogen-bond donors (Lipinski definition) is 0. The Bertz CT molecular complexity index is 784. The lowest BCUT2D eigenvalue weighted by atomic mass is 10.1.